The van der Waals surface area contributed by atoms with Crippen molar-refractivity contribution in [2.45, 2.75) is 200 Å². The predicted octanol–water partition coefficient (Wildman–Crippen LogP) is 8.45. The van der Waals surface area contributed by atoms with E-state index in [1.807, 2.05) is 58.1 Å². The number of rotatable bonds is 10. The van der Waals surface area contributed by atoms with E-state index >= 15 is 0 Å². The van der Waals surface area contributed by atoms with Gasteiger partial charge in [0.05, 0.1) is 36.6 Å². The molecule has 2 bridgehead atoms. The molecule has 72 heavy (non-hydrogen) atoms. The van der Waals surface area contributed by atoms with Gasteiger partial charge in [-0.25, -0.2) is 4.79 Å². The standard InChI is InChI=1S/C55H88NO15P/c1-33(2)70-72(13,64)71-45-25-23-41(30-48(45)66-11)29-37(6)47-32-44(57)36(5)28-39(8)50(59)51(67-12)49(58)38(7)27-34(3)19-15-14-16-20-35(4)46(65-10)31-42-24-22-40(9)55(63,69-42)52(60)53(61)56-26-18-17-21-43(56)54(62)68-47/h14-16,19-20,28,33-34,37-43,45-48,50-51,59,63H,17-18,21-27,29-32H2,1-13H3/t34-,37-,38-,39?,40-,41?,42+,43+,45-,46+,47?,48-,50-,51+,55-,72?/m1/s1. The van der Waals surface area contributed by atoms with E-state index in [1.54, 1.807) is 54.9 Å². The second kappa shape index (κ2) is 28.1. The molecule has 17 heteroatoms. The number of piperidine rings is 1. The molecule has 0 aromatic rings. The maximum Gasteiger partial charge on any atom is 0.329 e. The lowest BCUT2D eigenvalue weighted by atomic mass is 9.78. The molecule has 0 radical (unpaired) electrons. The van der Waals surface area contributed by atoms with Gasteiger partial charge in [-0.1, -0.05) is 71.1 Å². The van der Waals surface area contributed by atoms with Gasteiger partial charge in [0, 0.05) is 65.1 Å². The number of aliphatic hydroxyl groups excluding tert-OH is 1. The summed E-state index contributed by atoms with van der Waals surface area (Å²) in [6, 6.07) is -1.17. The van der Waals surface area contributed by atoms with Crippen LogP contribution in [0, 0.1) is 35.5 Å². The van der Waals surface area contributed by atoms with Crippen LogP contribution in [0.25, 0.3) is 0 Å². The summed E-state index contributed by atoms with van der Waals surface area (Å²) in [4.78, 5) is 72.4. The third-order valence-corrected chi connectivity index (χ3v) is 16.7. The van der Waals surface area contributed by atoms with Crippen molar-refractivity contribution < 1.29 is 71.5 Å². The number of cyclic esters (lactones) is 1. The summed E-state index contributed by atoms with van der Waals surface area (Å²) in [7, 11) is 1.16. The Bertz CT molecular complexity index is 2020. The van der Waals surface area contributed by atoms with Crippen LogP contribution in [0.15, 0.2) is 47.6 Å². The third-order valence-electron chi connectivity index (χ3n) is 15.2. The molecule has 0 spiro atoms. The number of Topliss-reactive ketones (excluding diaryl/α,β-unsaturated/α-hetero) is 3. The molecule has 408 valence electrons. The fraction of sp³-hybridized carbons (Fsp3) is 0.764. The Kier molecular flexibility index (Phi) is 23.9. The van der Waals surface area contributed by atoms with Gasteiger partial charge in [-0.05, 0) is 121 Å². The van der Waals surface area contributed by atoms with Gasteiger partial charge in [0.2, 0.25) is 5.79 Å². The van der Waals surface area contributed by atoms with Crippen LogP contribution in [0.4, 0.5) is 0 Å². The van der Waals surface area contributed by atoms with Crippen molar-refractivity contribution in [3.63, 3.8) is 0 Å². The van der Waals surface area contributed by atoms with Gasteiger partial charge in [0.1, 0.15) is 18.2 Å². The number of nitrogens with zero attached hydrogens (tertiary/aromatic N) is 1. The molecule has 0 aromatic heterocycles. The number of ether oxygens (including phenoxy) is 5. The SMILES string of the molecule is CO[C@H]1C[C@@H]2CC[C@@H](C)[C@@](O)(O2)C(=O)C(=O)N2CCCC[C@H]2C(=O)OC([C@H](C)CC2CC[C@@H](OP(C)(=O)OC(C)C)[C@H](OC)C2)CC(=O)C(C)=CC(C)[C@@H](O)[C@@H](OC)C(=O)[C@H](C)C[C@H](C)C=CC=CC=C1C. The van der Waals surface area contributed by atoms with E-state index in [9.17, 15) is 38.8 Å². The Morgan fingerprint density at radius 3 is 2.22 bits per heavy atom. The molecular formula is C55H88NO15P. The van der Waals surface area contributed by atoms with Crippen LogP contribution in [0.5, 0.6) is 0 Å². The number of ketones is 3. The normalized spacial score (nSPS) is 36.3. The summed E-state index contributed by atoms with van der Waals surface area (Å²) in [6.07, 6.45) is 10.5. The zero-order valence-corrected chi connectivity index (χ0v) is 46.3. The van der Waals surface area contributed by atoms with Crippen LogP contribution in [0.2, 0.25) is 0 Å². The first-order chi connectivity index (χ1) is 33.9. The zero-order valence-electron chi connectivity index (χ0n) is 45.4. The van der Waals surface area contributed by atoms with Gasteiger partial charge in [-0.15, -0.1) is 0 Å². The van der Waals surface area contributed by atoms with Gasteiger partial charge in [0.25, 0.3) is 11.7 Å². The summed E-state index contributed by atoms with van der Waals surface area (Å²) in [5, 5.41) is 23.5. The van der Waals surface area contributed by atoms with Gasteiger partial charge < -0.3 is 47.8 Å². The number of carbonyl (C=O) groups is 5. The number of aliphatic hydroxyl groups is 2. The number of methoxy groups -OCH3 is 3. The van der Waals surface area contributed by atoms with E-state index in [2.05, 4.69) is 0 Å². The molecule has 2 N–H and O–H groups in total. The summed E-state index contributed by atoms with van der Waals surface area (Å²) >= 11 is 0. The highest BCUT2D eigenvalue weighted by Crippen LogP contribution is 2.49. The first-order valence-corrected chi connectivity index (χ1v) is 28.3. The molecule has 1 saturated carbocycles. The fourth-order valence-corrected chi connectivity index (χ4v) is 12.4. The molecule has 1 aliphatic carbocycles. The average Bonchev–Trinajstić information content (AvgIpc) is 3.32. The van der Waals surface area contributed by atoms with Gasteiger partial charge in [-0.2, -0.15) is 0 Å². The molecule has 0 aromatic carbocycles. The molecule has 3 heterocycles. The molecule has 4 aliphatic rings. The van der Waals surface area contributed by atoms with Crippen LogP contribution in [-0.2, 0) is 61.3 Å². The van der Waals surface area contributed by atoms with Crippen molar-refractivity contribution in [3.05, 3.63) is 47.6 Å². The zero-order chi connectivity index (χ0) is 53.7. The van der Waals surface area contributed by atoms with E-state index < -0.39 is 103 Å². The number of hydrogen-bond acceptors (Lipinski definition) is 15. The summed E-state index contributed by atoms with van der Waals surface area (Å²) in [6.45, 7) is 17.7. The quantitative estimate of drug-likeness (QED) is 0.119. The van der Waals surface area contributed by atoms with E-state index in [4.69, 9.17) is 32.7 Å². The van der Waals surface area contributed by atoms with Crippen molar-refractivity contribution in [1.82, 2.24) is 4.90 Å². The lowest BCUT2D eigenvalue weighted by molar-refractivity contribution is -0.265. The molecular weight excluding hydrogens is 946 g/mol. The van der Waals surface area contributed by atoms with Crippen LogP contribution in [0.3, 0.4) is 0 Å². The van der Waals surface area contributed by atoms with Crippen molar-refractivity contribution in [2.24, 2.45) is 35.5 Å². The highest BCUT2D eigenvalue weighted by atomic mass is 31.2. The number of allylic oxidation sites excluding steroid dienone is 6. The Hall–Kier alpha value is -3.18. The maximum atomic E-state index is 14.5. The maximum absolute atomic E-state index is 14.5. The monoisotopic (exact) mass is 1030 g/mol. The van der Waals surface area contributed by atoms with Crippen LogP contribution in [0.1, 0.15) is 139 Å². The number of fused-ring (bicyclic) bond motifs is 3. The number of hydrogen-bond donors (Lipinski definition) is 2. The molecule has 4 unspecified atom stereocenters. The molecule has 2 saturated heterocycles. The second-order valence-corrected chi connectivity index (χ2v) is 23.6. The van der Waals surface area contributed by atoms with E-state index in [0.29, 0.717) is 69.8 Å². The number of carbonyl (C=O) groups excluding carboxylic acids is 5. The predicted molar refractivity (Wildman–Crippen MR) is 274 cm³/mol. The molecule has 1 amide bonds. The second-order valence-electron chi connectivity index (χ2n) is 21.6. The van der Waals surface area contributed by atoms with Crippen LogP contribution < -0.4 is 0 Å². The molecule has 3 fully saturated rings. The molecule has 4 rings (SSSR count). The Labute approximate surface area is 429 Å². The van der Waals surface area contributed by atoms with Gasteiger partial charge in [-0.3, -0.25) is 23.7 Å². The molecule has 16 nitrogen and oxygen atoms in total. The van der Waals surface area contributed by atoms with Crippen molar-refractivity contribution in [2.75, 3.05) is 34.5 Å². The first-order valence-electron chi connectivity index (χ1n) is 26.3. The third kappa shape index (κ3) is 16.9. The average molecular weight is 1030 g/mol. The molecule has 16 atom stereocenters. The lowest BCUT2D eigenvalue weighted by Crippen LogP contribution is -2.61. The van der Waals surface area contributed by atoms with Crippen molar-refractivity contribution in [3.8, 4) is 0 Å². The highest BCUT2D eigenvalue weighted by Gasteiger charge is 2.53. The first kappa shape index (κ1) is 61.4. The Morgan fingerprint density at radius 2 is 1.57 bits per heavy atom. The Morgan fingerprint density at radius 1 is 0.861 bits per heavy atom. The molecule has 3 aliphatic heterocycles. The fourth-order valence-electron chi connectivity index (χ4n) is 10.9. The largest absolute Gasteiger partial charge is 0.460 e. The van der Waals surface area contributed by atoms with Gasteiger partial charge >= 0.3 is 13.6 Å². The summed E-state index contributed by atoms with van der Waals surface area (Å²) in [5.74, 6) is -8.24. The minimum atomic E-state index is -3.37. The van der Waals surface area contributed by atoms with Crippen LogP contribution in [-0.4, -0.2) is 140 Å². The number of esters is 1. The Balaban J connectivity index is 1.70. The highest BCUT2D eigenvalue weighted by molar-refractivity contribution is 7.53. The minimum Gasteiger partial charge on any atom is -0.460 e. The lowest BCUT2D eigenvalue weighted by Gasteiger charge is -2.42. The topological polar surface area (TPSA) is 211 Å². The van der Waals surface area contributed by atoms with Crippen molar-refractivity contribution in [1.29, 1.82) is 0 Å². The van der Waals surface area contributed by atoms with Crippen molar-refractivity contribution >= 4 is 36.8 Å². The van der Waals surface area contributed by atoms with E-state index in [0.717, 1.165) is 5.57 Å². The van der Waals surface area contributed by atoms with Gasteiger partial charge in [0.15, 0.2) is 11.6 Å². The van der Waals surface area contributed by atoms with E-state index in [1.165, 1.54) is 18.7 Å². The minimum absolute atomic E-state index is 0.00845. The van der Waals surface area contributed by atoms with E-state index in [-0.39, 0.29) is 48.9 Å². The summed E-state index contributed by atoms with van der Waals surface area (Å²) in [5.41, 5.74) is 1.16. The summed E-state index contributed by atoms with van der Waals surface area (Å²) < 4.78 is 54.6. The van der Waals surface area contributed by atoms with Crippen LogP contribution >= 0.6 is 7.60 Å². The smallest absolute Gasteiger partial charge is 0.329 e. The number of amides is 1.